The third kappa shape index (κ3) is 4.34. The third-order valence-electron chi connectivity index (χ3n) is 2.53. The highest BCUT2D eigenvalue weighted by molar-refractivity contribution is 8.00. The van der Waals surface area contributed by atoms with Crippen LogP contribution in [0.1, 0.15) is 45.7 Å². The van der Waals surface area contributed by atoms with Gasteiger partial charge in [-0.3, -0.25) is 0 Å². The van der Waals surface area contributed by atoms with Crippen LogP contribution >= 0.6 is 11.8 Å². The highest BCUT2D eigenvalue weighted by Gasteiger charge is 2.21. The fraction of sp³-hybridized carbons (Fsp3) is 0.571. The molecule has 0 aliphatic carbocycles. The number of benzene rings is 1. The summed E-state index contributed by atoms with van der Waals surface area (Å²) < 4.78 is 0.146. The lowest BCUT2D eigenvalue weighted by atomic mass is 10.0. The molecule has 0 fully saturated rings. The van der Waals surface area contributed by atoms with Gasteiger partial charge in [-0.1, -0.05) is 45.9 Å². The van der Waals surface area contributed by atoms with Crippen molar-refractivity contribution in [3.63, 3.8) is 0 Å². The van der Waals surface area contributed by atoms with Crippen molar-refractivity contribution in [3.8, 4) is 0 Å². The fourth-order valence-corrected chi connectivity index (χ4v) is 2.77. The van der Waals surface area contributed by atoms with Crippen molar-refractivity contribution in [2.24, 2.45) is 5.73 Å². The zero-order valence-electron chi connectivity index (χ0n) is 11.1. The van der Waals surface area contributed by atoms with Gasteiger partial charge in [0.25, 0.3) is 0 Å². The minimum atomic E-state index is -0.475. The number of thioether (sulfide) groups is 1. The Balaban J connectivity index is 2.99. The lowest BCUT2D eigenvalue weighted by Crippen LogP contribution is -2.26. The lowest BCUT2D eigenvalue weighted by Gasteiger charge is -2.24. The van der Waals surface area contributed by atoms with Gasteiger partial charge in [-0.15, -0.1) is 11.8 Å². The van der Waals surface area contributed by atoms with Crippen molar-refractivity contribution in [2.45, 2.75) is 55.9 Å². The maximum absolute atomic E-state index is 9.87. The first-order valence-electron chi connectivity index (χ1n) is 6.06. The van der Waals surface area contributed by atoms with Gasteiger partial charge in [0.15, 0.2) is 0 Å². The first-order valence-corrected chi connectivity index (χ1v) is 6.88. The molecule has 0 aromatic heterocycles. The number of nitrogens with two attached hydrogens (primary N) is 1. The Morgan fingerprint density at radius 2 is 1.88 bits per heavy atom. The first kappa shape index (κ1) is 14.6. The molecule has 0 amide bonds. The Labute approximate surface area is 109 Å². The molecule has 3 heteroatoms. The van der Waals surface area contributed by atoms with E-state index in [-0.39, 0.29) is 10.8 Å². The summed E-state index contributed by atoms with van der Waals surface area (Å²) in [6.45, 7) is 8.48. The van der Waals surface area contributed by atoms with Gasteiger partial charge < -0.3 is 10.8 Å². The second kappa shape index (κ2) is 5.89. The van der Waals surface area contributed by atoms with Crippen LogP contribution in [0.25, 0.3) is 0 Å². The van der Waals surface area contributed by atoms with E-state index >= 15 is 0 Å². The molecule has 0 spiro atoms. The number of hydrogen-bond acceptors (Lipinski definition) is 3. The molecule has 2 nitrogen and oxygen atoms in total. The van der Waals surface area contributed by atoms with Gasteiger partial charge in [-0.2, -0.15) is 0 Å². The van der Waals surface area contributed by atoms with Crippen LogP contribution in [0.3, 0.4) is 0 Å². The van der Waals surface area contributed by atoms with E-state index in [9.17, 15) is 5.11 Å². The van der Waals surface area contributed by atoms with Crippen LogP contribution in [0, 0.1) is 0 Å². The minimum absolute atomic E-state index is 0.146. The number of aliphatic hydroxyl groups is 1. The largest absolute Gasteiger partial charge is 0.391 e. The number of hydrogen-bond donors (Lipinski definition) is 2. The molecule has 0 saturated carbocycles. The summed E-state index contributed by atoms with van der Waals surface area (Å²) in [7, 11) is 0. The maximum Gasteiger partial charge on any atom is 0.0730 e. The standard InChI is InChI=1S/C14H23NOS/c1-5-11(16)13(15)10-8-6-7-9-12(10)17-14(2,3)4/h6-9,11,13,16H,5,15H2,1-4H3/t11-,13+/m1/s1. The van der Waals surface area contributed by atoms with Gasteiger partial charge in [-0.25, -0.2) is 0 Å². The Bertz CT molecular complexity index is 359. The van der Waals surface area contributed by atoms with Crippen molar-refractivity contribution in [2.75, 3.05) is 0 Å². The molecule has 0 radical (unpaired) electrons. The summed E-state index contributed by atoms with van der Waals surface area (Å²) in [6, 6.07) is 7.78. The highest BCUT2D eigenvalue weighted by atomic mass is 32.2. The molecule has 1 aromatic rings. The van der Waals surface area contributed by atoms with Crippen LogP contribution in [0.5, 0.6) is 0 Å². The predicted octanol–water partition coefficient (Wildman–Crippen LogP) is 3.35. The SMILES string of the molecule is CC[C@@H](O)[C@@H](N)c1ccccc1SC(C)(C)C. The topological polar surface area (TPSA) is 46.2 Å². The molecule has 0 aliphatic rings. The summed E-state index contributed by atoms with van der Waals surface area (Å²) >= 11 is 1.79. The van der Waals surface area contributed by atoms with Crippen molar-refractivity contribution in [3.05, 3.63) is 29.8 Å². The number of aliphatic hydroxyl groups excluding tert-OH is 1. The second-order valence-electron chi connectivity index (χ2n) is 5.25. The van der Waals surface area contributed by atoms with Crippen molar-refractivity contribution in [1.82, 2.24) is 0 Å². The second-order valence-corrected chi connectivity index (χ2v) is 7.12. The van der Waals surface area contributed by atoms with E-state index in [1.807, 2.05) is 25.1 Å². The molecule has 0 bridgehead atoms. The van der Waals surface area contributed by atoms with Gasteiger partial charge in [-0.05, 0) is 18.1 Å². The monoisotopic (exact) mass is 253 g/mol. The Hall–Kier alpha value is -0.510. The molecule has 0 saturated heterocycles. The van der Waals surface area contributed by atoms with E-state index < -0.39 is 6.10 Å². The zero-order valence-corrected chi connectivity index (χ0v) is 11.9. The molecular weight excluding hydrogens is 230 g/mol. The Morgan fingerprint density at radius 3 is 2.41 bits per heavy atom. The van der Waals surface area contributed by atoms with E-state index in [0.717, 1.165) is 5.56 Å². The van der Waals surface area contributed by atoms with Gasteiger partial charge in [0.1, 0.15) is 0 Å². The van der Waals surface area contributed by atoms with Gasteiger partial charge >= 0.3 is 0 Å². The smallest absolute Gasteiger partial charge is 0.0730 e. The summed E-state index contributed by atoms with van der Waals surface area (Å²) in [5.41, 5.74) is 7.15. The molecular formula is C14H23NOS. The van der Waals surface area contributed by atoms with Crippen LogP contribution in [0.4, 0.5) is 0 Å². The summed E-state index contributed by atoms with van der Waals surface area (Å²) in [4.78, 5) is 1.17. The van der Waals surface area contributed by atoms with Crippen molar-refractivity contribution >= 4 is 11.8 Å². The molecule has 3 N–H and O–H groups in total. The molecule has 1 rings (SSSR count). The Kier molecular flexibility index (Phi) is 5.04. The van der Waals surface area contributed by atoms with Crippen LogP contribution in [0.2, 0.25) is 0 Å². The van der Waals surface area contributed by atoms with Crippen molar-refractivity contribution in [1.29, 1.82) is 0 Å². The summed E-state index contributed by atoms with van der Waals surface area (Å²) in [6.07, 6.45) is 0.201. The van der Waals surface area contributed by atoms with E-state index in [0.29, 0.717) is 6.42 Å². The quantitative estimate of drug-likeness (QED) is 0.809. The van der Waals surface area contributed by atoms with E-state index in [4.69, 9.17) is 5.73 Å². The highest BCUT2D eigenvalue weighted by Crippen LogP contribution is 2.36. The molecule has 0 unspecified atom stereocenters. The average Bonchev–Trinajstić information content (AvgIpc) is 2.25. The summed E-state index contributed by atoms with van der Waals surface area (Å²) in [5, 5.41) is 9.87. The minimum Gasteiger partial charge on any atom is -0.391 e. The van der Waals surface area contributed by atoms with E-state index in [2.05, 4.69) is 26.8 Å². The van der Waals surface area contributed by atoms with Crippen LogP contribution in [0.15, 0.2) is 29.2 Å². The van der Waals surface area contributed by atoms with Gasteiger partial charge in [0.05, 0.1) is 12.1 Å². The maximum atomic E-state index is 9.87. The molecule has 0 heterocycles. The lowest BCUT2D eigenvalue weighted by molar-refractivity contribution is 0.140. The fourth-order valence-electron chi connectivity index (χ4n) is 1.64. The zero-order chi connectivity index (χ0) is 13.1. The van der Waals surface area contributed by atoms with E-state index in [1.54, 1.807) is 11.8 Å². The van der Waals surface area contributed by atoms with Gasteiger partial charge in [0.2, 0.25) is 0 Å². The number of rotatable bonds is 4. The third-order valence-corrected chi connectivity index (χ3v) is 3.73. The van der Waals surface area contributed by atoms with Crippen LogP contribution in [-0.4, -0.2) is 16.0 Å². The molecule has 0 aliphatic heterocycles. The molecule has 17 heavy (non-hydrogen) atoms. The van der Waals surface area contributed by atoms with Crippen LogP contribution < -0.4 is 5.73 Å². The van der Waals surface area contributed by atoms with Gasteiger partial charge in [0, 0.05) is 9.64 Å². The normalized spacial score (nSPS) is 15.6. The molecule has 1 aromatic carbocycles. The average molecular weight is 253 g/mol. The molecule has 96 valence electrons. The summed E-state index contributed by atoms with van der Waals surface area (Å²) in [5.74, 6) is 0. The first-order chi connectivity index (χ1) is 7.85. The molecule has 2 atom stereocenters. The predicted molar refractivity (Wildman–Crippen MR) is 75.3 cm³/mol. The van der Waals surface area contributed by atoms with Crippen molar-refractivity contribution < 1.29 is 5.11 Å². The van der Waals surface area contributed by atoms with E-state index in [1.165, 1.54) is 4.90 Å². The Morgan fingerprint density at radius 1 is 1.29 bits per heavy atom. The van der Waals surface area contributed by atoms with Crippen LogP contribution in [-0.2, 0) is 0 Å².